The molecule has 3 aliphatic heterocycles. The molecule has 7 heteroatoms. The molecular formula is C13H23N3O3S. The Balaban J connectivity index is 1.73. The van der Waals surface area contributed by atoms with E-state index in [1.54, 1.807) is 4.90 Å². The van der Waals surface area contributed by atoms with E-state index in [0.717, 1.165) is 12.8 Å². The average Bonchev–Trinajstić information content (AvgIpc) is 2.71. The summed E-state index contributed by atoms with van der Waals surface area (Å²) in [4.78, 5) is 16.4. The molecule has 3 rings (SSSR count). The van der Waals surface area contributed by atoms with Gasteiger partial charge < -0.3 is 9.80 Å². The van der Waals surface area contributed by atoms with Crippen LogP contribution in [0.25, 0.3) is 0 Å². The van der Waals surface area contributed by atoms with Crippen molar-refractivity contribution in [1.82, 2.24) is 9.80 Å². The van der Waals surface area contributed by atoms with Crippen LogP contribution in [0.15, 0.2) is 0 Å². The number of fused-ring (bicyclic) bond motifs is 2. The van der Waals surface area contributed by atoms with Crippen LogP contribution in [-0.4, -0.2) is 61.1 Å². The number of piperidine rings is 2. The molecule has 2 bridgehead atoms. The van der Waals surface area contributed by atoms with Gasteiger partial charge in [0.2, 0.25) is 15.9 Å². The quantitative estimate of drug-likeness (QED) is 0.771. The highest BCUT2D eigenvalue weighted by Crippen LogP contribution is 2.36. The summed E-state index contributed by atoms with van der Waals surface area (Å²) in [6, 6.07) is 1.27. The van der Waals surface area contributed by atoms with Crippen LogP contribution in [0.5, 0.6) is 0 Å². The van der Waals surface area contributed by atoms with Gasteiger partial charge in [0.25, 0.3) is 0 Å². The second-order valence-electron chi connectivity index (χ2n) is 6.49. The van der Waals surface area contributed by atoms with Crippen molar-refractivity contribution < 1.29 is 13.2 Å². The number of hydrogen-bond acceptors (Lipinski definition) is 4. The van der Waals surface area contributed by atoms with Gasteiger partial charge in [0, 0.05) is 31.1 Å². The van der Waals surface area contributed by atoms with Gasteiger partial charge in [-0.15, -0.1) is 0 Å². The number of hydrogen-bond donors (Lipinski definition) is 1. The molecule has 0 radical (unpaired) electrons. The van der Waals surface area contributed by atoms with Gasteiger partial charge in [-0.2, -0.15) is 0 Å². The molecule has 6 nitrogen and oxygen atoms in total. The lowest BCUT2D eigenvalue weighted by molar-refractivity contribution is -0.131. The van der Waals surface area contributed by atoms with Crippen LogP contribution in [0.1, 0.15) is 38.5 Å². The minimum absolute atomic E-state index is 0.0448. The number of nitrogens with two attached hydrogens (primary N) is 1. The van der Waals surface area contributed by atoms with E-state index in [1.165, 1.54) is 19.3 Å². The molecule has 0 aromatic rings. The molecule has 0 saturated carbocycles. The van der Waals surface area contributed by atoms with E-state index in [1.807, 2.05) is 0 Å². The molecule has 114 valence electrons. The number of likely N-dealkylation sites (tertiary alicyclic amines) is 1. The summed E-state index contributed by atoms with van der Waals surface area (Å²) >= 11 is 0. The van der Waals surface area contributed by atoms with E-state index in [4.69, 9.17) is 5.14 Å². The maximum Gasteiger partial charge on any atom is 0.224 e. The largest absolute Gasteiger partial charge is 0.338 e. The van der Waals surface area contributed by atoms with Crippen LogP contribution in [0, 0.1) is 0 Å². The SMILES string of the molecule is CN1[C@@H]2CCC[C@H]1CC(N1CC(S(N)(=O)=O)CC1=O)C2. The fourth-order valence-electron chi connectivity index (χ4n) is 4.11. The molecule has 3 saturated heterocycles. The molecular weight excluding hydrogens is 278 g/mol. The fourth-order valence-corrected chi connectivity index (χ4v) is 4.86. The Morgan fingerprint density at radius 3 is 2.25 bits per heavy atom. The van der Waals surface area contributed by atoms with Crippen LogP contribution >= 0.6 is 0 Å². The molecule has 0 aliphatic carbocycles. The maximum absolute atomic E-state index is 12.1. The summed E-state index contributed by atoms with van der Waals surface area (Å²) in [6.45, 7) is 0.283. The number of carbonyl (C=O) groups excluding carboxylic acids is 1. The predicted molar refractivity (Wildman–Crippen MR) is 75.4 cm³/mol. The van der Waals surface area contributed by atoms with Crippen molar-refractivity contribution in [2.75, 3.05) is 13.6 Å². The Kier molecular flexibility index (Phi) is 3.54. The zero-order valence-electron chi connectivity index (χ0n) is 11.9. The first-order valence-corrected chi connectivity index (χ1v) is 9.00. The van der Waals surface area contributed by atoms with Gasteiger partial charge in [-0.25, -0.2) is 13.6 Å². The normalized spacial score (nSPS) is 39.3. The van der Waals surface area contributed by atoms with E-state index in [9.17, 15) is 13.2 Å². The van der Waals surface area contributed by atoms with Crippen LogP contribution in [0.4, 0.5) is 0 Å². The molecule has 3 fully saturated rings. The fraction of sp³-hybridized carbons (Fsp3) is 0.923. The first-order chi connectivity index (χ1) is 9.36. The predicted octanol–water partition coefficient (Wildman–Crippen LogP) is -0.109. The number of primary sulfonamides is 1. The number of carbonyl (C=O) groups is 1. The van der Waals surface area contributed by atoms with Gasteiger partial charge >= 0.3 is 0 Å². The highest BCUT2D eigenvalue weighted by Gasteiger charge is 2.44. The minimum atomic E-state index is -3.61. The average molecular weight is 301 g/mol. The van der Waals surface area contributed by atoms with Crippen LogP contribution in [0.3, 0.4) is 0 Å². The van der Waals surface area contributed by atoms with E-state index in [-0.39, 0.29) is 24.9 Å². The second kappa shape index (κ2) is 4.96. The number of rotatable bonds is 2. The Hall–Kier alpha value is -0.660. The molecule has 0 aromatic heterocycles. The van der Waals surface area contributed by atoms with E-state index in [0.29, 0.717) is 12.1 Å². The lowest BCUT2D eigenvalue weighted by Gasteiger charge is -2.49. The third-order valence-electron chi connectivity index (χ3n) is 5.34. The van der Waals surface area contributed by atoms with Crippen LogP contribution < -0.4 is 5.14 Å². The zero-order chi connectivity index (χ0) is 14.5. The molecule has 0 spiro atoms. The van der Waals surface area contributed by atoms with Crippen molar-refractivity contribution >= 4 is 15.9 Å². The van der Waals surface area contributed by atoms with Crippen molar-refractivity contribution in [2.24, 2.45) is 5.14 Å². The molecule has 20 heavy (non-hydrogen) atoms. The van der Waals surface area contributed by atoms with Gasteiger partial charge in [0.05, 0.1) is 0 Å². The number of sulfonamides is 1. The molecule has 2 N–H and O–H groups in total. The van der Waals surface area contributed by atoms with Crippen molar-refractivity contribution in [3.8, 4) is 0 Å². The third-order valence-corrected chi connectivity index (χ3v) is 6.59. The van der Waals surface area contributed by atoms with Crippen LogP contribution in [-0.2, 0) is 14.8 Å². The van der Waals surface area contributed by atoms with Gasteiger partial charge in [0.1, 0.15) is 5.25 Å². The van der Waals surface area contributed by atoms with E-state index >= 15 is 0 Å². The number of amides is 1. The standard InChI is InChI=1S/C13H23N3O3S/c1-15-9-3-2-4-10(15)6-11(5-9)16-8-12(7-13(16)17)20(14,18)19/h9-12H,2-8H2,1H3,(H2,14,18,19)/t9-,10+,11?,12?. The van der Waals surface area contributed by atoms with Crippen molar-refractivity contribution in [2.45, 2.75) is 61.9 Å². The Bertz CT molecular complexity index is 493. The summed E-state index contributed by atoms with van der Waals surface area (Å²) in [6.07, 6.45) is 5.63. The van der Waals surface area contributed by atoms with Gasteiger partial charge in [-0.05, 0) is 32.7 Å². The van der Waals surface area contributed by atoms with E-state index < -0.39 is 15.3 Å². The lowest BCUT2D eigenvalue weighted by Crippen LogP contribution is -2.55. The summed E-state index contributed by atoms with van der Waals surface area (Å²) in [5.41, 5.74) is 0. The first kappa shape index (κ1) is 14.3. The second-order valence-corrected chi connectivity index (χ2v) is 8.34. The summed E-state index contributed by atoms with van der Waals surface area (Å²) < 4.78 is 22.9. The Labute approximate surface area is 120 Å². The molecule has 0 aromatic carbocycles. The Morgan fingerprint density at radius 1 is 1.15 bits per heavy atom. The van der Waals surface area contributed by atoms with E-state index in [2.05, 4.69) is 11.9 Å². The molecule has 3 aliphatic rings. The zero-order valence-corrected chi connectivity index (χ0v) is 12.7. The molecule has 4 atom stereocenters. The van der Waals surface area contributed by atoms with Crippen molar-refractivity contribution in [3.63, 3.8) is 0 Å². The summed E-state index contributed by atoms with van der Waals surface area (Å²) in [5, 5.41) is 4.48. The Morgan fingerprint density at radius 2 is 1.75 bits per heavy atom. The highest BCUT2D eigenvalue weighted by atomic mass is 32.2. The van der Waals surface area contributed by atoms with Gasteiger partial charge in [0.15, 0.2) is 0 Å². The monoisotopic (exact) mass is 301 g/mol. The smallest absolute Gasteiger partial charge is 0.224 e. The maximum atomic E-state index is 12.1. The van der Waals surface area contributed by atoms with Crippen LogP contribution in [0.2, 0.25) is 0 Å². The molecule has 1 amide bonds. The lowest BCUT2D eigenvalue weighted by atomic mass is 9.82. The van der Waals surface area contributed by atoms with Gasteiger partial charge in [-0.1, -0.05) is 6.42 Å². The first-order valence-electron chi connectivity index (χ1n) is 7.39. The van der Waals surface area contributed by atoms with Crippen molar-refractivity contribution in [1.29, 1.82) is 0 Å². The topological polar surface area (TPSA) is 83.7 Å². The number of nitrogens with zero attached hydrogens (tertiary/aromatic N) is 2. The third kappa shape index (κ3) is 2.46. The molecule has 2 unspecified atom stereocenters. The molecule has 3 heterocycles. The summed E-state index contributed by atoms with van der Waals surface area (Å²) in [5.74, 6) is -0.0448. The van der Waals surface area contributed by atoms with Gasteiger partial charge in [-0.3, -0.25) is 4.79 Å². The van der Waals surface area contributed by atoms with Crippen molar-refractivity contribution in [3.05, 3.63) is 0 Å². The highest BCUT2D eigenvalue weighted by molar-refractivity contribution is 7.89. The summed E-state index contributed by atoms with van der Waals surface area (Å²) in [7, 11) is -1.44. The minimum Gasteiger partial charge on any atom is -0.338 e.